The first kappa shape index (κ1) is 22.1. The molecule has 0 aliphatic carbocycles. The van der Waals surface area contributed by atoms with Gasteiger partial charge in [0, 0.05) is 23.2 Å². The van der Waals surface area contributed by atoms with E-state index in [0.717, 1.165) is 16.9 Å². The number of carbonyl (C=O) groups excluding carboxylic acids is 1. The van der Waals surface area contributed by atoms with Gasteiger partial charge in [-0.05, 0) is 43.7 Å². The Bertz CT molecular complexity index is 1280. The van der Waals surface area contributed by atoms with Gasteiger partial charge in [0.05, 0.1) is 17.9 Å². The molecule has 0 saturated heterocycles. The Morgan fingerprint density at radius 3 is 2.56 bits per heavy atom. The number of rotatable bonds is 8. The molecule has 164 valence electrons. The number of carbonyl (C=O) groups is 1. The van der Waals surface area contributed by atoms with Crippen LogP contribution >= 0.6 is 23.1 Å². The van der Waals surface area contributed by atoms with Gasteiger partial charge in [0.2, 0.25) is 5.91 Å². The summed E-state index contributed by atoms with van der Waals surface area (Å²) in [6.07, 6.45) is 0. The summed E-state index contributed by atoms with van der Waals surface area (Å²) < 4.78 is 7.68. The lowest BCUT2D eigenvalue weighted by Gasteiger charge is -2.11. The summed E-state index contributed by atoms with van der Waals surface area (Å²) >= 11 is 2.68. The van der Waals surface area contributed by atoms with E-state index in [0.29, 0.717) is 34.2 Å². The van der Waals surface area contributed by atoms with E-state index in [1.54, 1.807) is 16.7 Å². The molecule has 32 heavy (non-hydrogen) atoms. The number of benzene rings is 2. The summed E-state index contributed by atoms with van der Waals surface area (Å²) in [5.41, 5.74) is 3.26. The second-order valence-corrected chi connectivity index (χ2v) is 8.75. The van der Waals surface area contributed by atoms with E-state index >= 15 is 0 Å². The molecular formula is C24H23N3O3S2. The number of hydrogen-bond acceptors (Lipinski definition) is 6. The van der Waals surface area contributed by atoms with E-state index in [1.165, 1.54) is 23.1 Å². The Morgan fingerprint density at radius 1 is 1.12 bits per heavy atom. The summed E-state index contributed by atoms with van der Waals surface area (Å²) in [6, 6.07) is 17.1. The first-order valence-electron chi connectivity index (χ1n) is 10.3. The van der Waals surface area contributed by atoms with Gasteiger partial charge < -0.3 is 10.1 Å². The lowest BCUT2D eigenvalue weighted by atomic mass is 10.1. The molecule has 0 aliphatic heterocycles. The maximum absolute atomic E-state index is 13.1. The van der Waals surface area contributed by atoms with Crippen molar-refractivity contribution in [3.05, 3.63) is 70.3 Å². The average Bonchev–Trinajstić information content (AvgIpc) is 3.24. The van der Waals surface area contributed by atoms with Crippen LogP contribution in [0, 0.1) is 0 Å². The van der Waals surface area contributed by atoms with Gasteiger partial charge in [-0.2, -0.15) is 0 Å². The number of nitrogens with zero attached hydrogens (tertiary/aromatic N) is 2. The third-order valence-electron chi connectivity index (χ3n) is 4.83. The van der Waals surface area contributed by atoms with Crippen molar-refractivity contribution in [2.75, 3.05) is 17.7 Å². The highest BCUT2D eigenvalue weighted by Gasteiger charge is 2.17. The van der Waals surface area contributed by atoms with Crippen LogP contribution < -0.4 is 15.6 Å². The average molecular weight is 466 g/mol. The van der Waals surface area contributed by atoms with Crippen LogP contribution in [0.1, 0.15) is 13.8 Å². The van der Waals surface area contributed by atoms with E-state index in [-0.39, 0.29) is 17.2 Å². The molecule has 1 amide bonds. The van der Waals surface area contributed by atoms with Crippen molar-refractivity contribution in [2.45, 2.75) is 25.5 Å². The topological polar surface area (TPSA) is 73.2 Å². The van der Waals surface area contributed by atoms with Crippen molar-refractivity contribution in [2.24, 2.45) is 0 Å². The Hall–Kier alpha value is -3.10. The van der Waals surface area contributed by atoms with E-state index in [1.807, 2.05) is 61.7 Å². The number of nitrogens with one attached hydrogen (secondary N) is 1. The Labute approximate surface area is 194 Å². The molecule has 6 nitrogen and oxygen atoms in total. The monoisotopic (exact) mass is 465 g/mol. The lowest BCUT2D eigenvalue weighted by molar-refractivity contribution is -0.113. The zero-order valence-electron chi connectivity index (χ0n) is 17.8. The van der Waals surface area contributed by atoms with Crippen molar-refractivity contribution < 1.29 is 9.53 Å². The smallest absolute Gasteiger partial charge is 0.272 e. The number of thiophene rings is 1. The van der Waals surface area contributed by atoms with Crippen LogP contribution in [-0.2, 0) is 11.3 Å². The second kappa shape index (κ2) is 10.0. The van der Waals surface area contributed by atoms with Crippen LogP contribution in [0.4, 0.5) is 5.69 Å². The Morgan fingerprint density at radius 2 is 1.88 bits per heavy atom. The van der Waals surface area contributed by atoms with Crippen LogP contribution in [0.25, 0.3) is 21.3 Å². The third-order valence-corrected chi connectivity index (χ3v) is 6.76. The molecule has 0 radical (unpaired) electrons. The minimum absolute atomic E-state index is 0.0703. The molecule has 0 spiro atoms. The van der Waals surface area contributed by atoms with Gasteiger partial charge in [0.1, 0.15) is 10.4 Å². The number of anilines is 1. The Kier molecular flexibility index (Phi) is 6.92. The van der Waals surface area contributed by atoms with E-state index in [9.17, 15) is 9.59 Å². The molecule has 2 aromatic heterocycles. The number of thioether (sulfide) groups is 1. The maximum atomic E-state index is 13.1. The van der Waals surface area contributed by atoms with Gasteiger partial charge in [-0.15, -0.1) is 11.3 Å². The molecule has 8 heteroatoms. The maximum Gasteiger partial charge on any atom is 0.272 e. The molecule has 0 bridgehead atoms. The molecule has 2 aromatic carbocycles. The fourth-order valence-corrected chi connectivity index (χ4v) is 5.14. The molecule has 0 atom stereocenters. The van der Waals surface area contributed by atoms with Gasteiger partial charge in [-0.25, -0.2) is 4.98 Å². The van der Waals surface area contributed by atoms with Gasteiger partial charge in [0.25, 0.3) is 5.56 Å². The van der Waals surface area contributed by atoms with Crippen LogP contribution in [0.5, 0.6) is 5.75 Å². The quantitative estimate of drug-likeness (QED) is 0.283. The first-order chi connectivity index (χ1) is 15.6. The Balaban J connectivity index is 1.55. The van der Waals surface area contributed by atoms with E-state index in [2.05, 4.69) is 5.32 Å². The second-order valence-electron chi connectivity index (χ2n) is 6.93. The first-order valence-corrected chi connectivity index (χ1v) is 12.2. The number of amides is 1. The number of ether oxygens (including phenoxy) is 1. The van der Waals surface area contributed by atoms with Crippen LogP contribution in [0.2, 0.25) is 0 Å². The molecule has 2 heterocycles. The van der Waals surface area contributed by atoms with Gasteiger partial charge in [-0.3, -0.25) is 14.2 Å². The molecule has 0 aliphatic rings. The van der Waals surface area contributed by atoms with Crippen molar-refractivity contribution in [1.82, 2.24) is 9.55 Å². The molecular weight excluding hydrogens is 442 g/mol. The fourth-order valence-electron chi connectivity index (χ4n) is 3.32. The highest BCUT2D eigenvalue weighted by Crippen LogP contribution is 2.32. The van der Waals surface area contributed by atoms with Gasteiger partial charge in [-0.1, -0.05) is 42.1 Å². The largest absolute Gasteiger partial charge is 0.494 e. The normalized spacial score (nSPS) is 10.9. The molecule has 0 unspecified atom stereocenters. The molecule has 4 aromatic rings. The number of aromatic nitrogens is 2. The lowest BCUT2D eigenvalue weighted by Crippen LogP contribution is -2.22. The molecule has 0 saturated carbocycles. The van der Waals surface area contributed by atoms with Crippen molar-refractivity contribution in [3.8, 4) is 16.9 Å². The highest BCUT2D eigenvalue weighted by atomic mass is 32.2. The predicted octanol–water partition coefficient (Wildman–Crippen LogP) is 5.27. The predicted molar refractivity (Wildman–Crippen MR) is 132 cm³/mol. The van der Waals surface area contributed by atoms with Crippen molar-refractivity contribution >= 4 is 44.9 Å². The minimum Gasteiger partial charge on any atom is -0.494 e. The SMILES string of the molecule is CCOc1ccc(NC(=O)CSc2nc3c(-c4ccccc4)csc3c(=O)n2CC)cc1. The van der Waals surface area contributed by atoms with Gasteiger partial charge >= 0.3 is 0 Å². The molecule has 1 N–H and O–H groups in total. The van der Waals surface area contributed by atoms with Crippen molar-refractivity contribution in [3.63, 3.8) is 0 Å². The van der Waals surface area contributed by atoms with Crippen LogP contribution in [0.3, 0.4) is 0 Å². The van der Waals surface area contributed by atoms with E-state index < -0.39 is 0 Å². The molecule has 0 fully saturated rings. The summed E-state index contributed by atoms with van der Waals surface area (Å²) in [5.74, 6) is 0.745. The number of hydrogen-bond donors (Lipinski definition) is 1. The van der Waals surface area contributed by atoms with Crippen LogP contribution in [0.15, 0.2) is 69.9 Å². The third kappa shape index (κ3) is 4.71. The summed E-state index contributed by atoms with van der Waals surface area (Å²) in [5, 5.41) is 5.39. The van der Waals surface area contributed by atoms with Crippen LogP contribution in [-0.4, -0.2) is 27.8 Å². The standard InChI is InChI=1S/C24H23N3O3S2/c1-3-27-23(29)22-21(19(14-31-22)16-8-6-5-7-9-16)26-24(27)32-15-20(28)25-17-10-12-18(13-11-17)30-4-2/h5-14H,3-4,15H2,1-2H3,(H,25,28). The minimum atomic E-state index is -0.162. The zero-order chi connectivity index (χ0) is 22.5. The van der Waals surface area contributed by atoms with Gasteiger partial charge in [0.15, 0.2) is 5.16 Å². The zero-order valence-corrected chi connectivity index (χ0v) is 19.5. The molecule has 4 rings (SSSR count). The highest BCUT2D eigenvalue weighted by molar-refractivity contribution is 7.99. The number of fused-ring (bicyclic) bond motifs is 1. The van der Waals surface area contributed by atoms with E-state index in [4.69, 9.17) is 9.72 Å². The summed E-state index contributed by atoms with van der Waals surface area (Å²) in [4.78, 5) is 30.4. The summed E-state index contributed by atoms with van der Waals surface area (Å²) in [6.45, 7) is 4.91. The fraction of sp³-hybridized carbons (Fsp3) is 0.208. The summed E-state index contributed by atoms with van der Waals surface area (Å²) in [7, 11) is 0. The van der Waals surface area contributed by atoms with Crippen molar-refractivity contribution in [1.29, 1.82) is 0 Å².